The number of carbonyl (C=O) groups excluding carboxylic acids is 2. The van der Waals surface area contributed by atoms with Gasteiger partial charge in [0.05, 0.1) is 12.6 Å². The molecular weight excluding hydrogens is 258 g/mol. The van der Waals surface area contributed by atoms with Gasteiger partial charge in [0.15, 0.2) is 0 Å². The Bertz CT molecular complexity index is 408. The molecule has 2 amide bonds. The summed E-state index contributed by atoms with van der Waals surface area (Å²) in [6.45, 7) is -0.220. The molecule has 100 valence electrons. The van der Waals surface area contributed by atoms with Gasteiger partial charge in [-0.25, -0.2) is 0 Å². The zero-order valence-electron chi connectivity index (χ0n) is 9.63. The second-order valence-electron chi connectivity index (χ2n) is 3.66. The fourth-order valence-corrected chi connectivity index (χ4v) is 1.28. The topological polar surface area (TPSA) is 118 Å². The number of benzene rings is 1. The molecule has 0 bridgehead atoms. The van der Waals surface area contributed by atoms with Gasteiger partial charge in [-0.15, -0.1) is 12.4 Å². The molecule has 6 N–H and O–H groups in total. The second kappa shape index (κ2) is 7.52. The quantitative estimate of drug-likeness (QED) is 0.566. The Balaban J connectivity index is 0.00000289. The highest BCUT2D eigenvalue weighted by Gasteiger charge is 2.14. The van der Waals surface area contributed by atoms with Gasteiger partial charge in [0.1, 0.15) is 5.75 Å². The highest BCUT2D eigenvalue weighted by Crippen LogP contribution is 2.10. The van der Waals surface area contributed by atoms with Crippen LogP contribution in [0.15, 0.2) is 24.3 Å². The maximum atomic E-state index is 11.4. The van der Waals surface area contributed by atoms with E-state index in [2.05, 4.69) is 5.32 Å². The Kier molecular flexibility index (Phi) is 6.77. The number of amides is 2. The molecule has 0 saturated heterocycles. The first kappa shape index (κ1) is 16.2. The molecule has 0 fully saturated rings. The monoisotopic (exact) mass is 273 g/mol. The number of aromatic hydroxyl groups is 1. The van der Waals surface area contributed by atoms with Crippen LogP contribution in [-0.2, 0) is 16.0 Å². The van der Waals surface area contributed by atoms with Gasteiger partial charge in [0, 0.05) is 0 Å². The summed E-state index contributed by atoms with van der Waals surface area (Å²) in [7, 11) is 0. The molecule has 0 aromatic heterocycles. The van der Waals surface area contributed by atoms with Gasteiger partial charge in [-0.05, 0) is 24.1 Å². The van der Waals surface area contributed by atoms with Crippen molar-refractivity contribution in [2.45, 2.75) is 12.5 Å². The maximum absolute atomic E-state index is 11.4. The van der Waals surface area contributed by atoms with E-state index in [0.29, 0.717) is 6.42 Å². The van der Waals surface area contributed by atoms with Crippen molar-refractivity contribution in [3.05, 3.63) is 29.8 Å². The minimum absolute atomic E-state index is 0. The molecule has 0 saturated carbocycles. The summed E-state index contributed by atoms with van der Waals surface area (Å²) in [5.41, 5.74) is 11.4. The summed E-state index contributed by atoms with van der Waals surface area (Å²) in [6.07, 6.45) is 0.324. The summed E-state index contributed by atoms with van der Waals surface area (Å²) < 4.78 is 0. The number of rotatable bonds is 5. The predicted molar refractivity (Wildman–Crippen MR) is 69.2 cm³/mol. The fourth-order valence-electron chi connectivity index (χ4n) is 1.28. The van der Waals surface area contributed by atoms with Gasteiger partial charge in [0.2, 0.25) is 11.8 Å². The average Bonchev–Trinajstić information content (AvgIpc) is 2.28. The highest BCUT2D eigenvalue weighted by atomic mass is 35.5. The van der Waals surface area contributed by atoms with Crippen LogP contribution >= 0.6 is 12.4 Å². The zero-order chi connectivity index (χ0) is 12.8. The van der Waals surface area contributed by atoms with E-state index < -0.39 is 17.9 Å². The average molecular weight is 274 g/mol. The zero-order valence-corrected chi connectivity index (χ0v) is 10.4. The number of phenolic OH excluding ortho intramolecular Hbond substituents is 1. The van der Waals surface area contributed by atoms with Gasteiger partial charge in [-0.3, -0.25) is 9.59 Å². The van der Waals surface area contributed by atoms with Crippen LogP contribution < -0.4 is 16.8 Å². The first-order chi connectivity index (χ1) is 7.99. The molecule has 1 aromatic rings. The number of hydrogen-bond donors (Lipinski definition) is 4. The van der Waals surface area contributed by atoms with Crippen LogP contribution in [0, 0.1) is 0 Å². The SMILES string of the molecule is Cl.NC(=O)CNC(=O)[C@@H](N)Cc1ccc(O)cc1. The van der Waals surface area contributed by atoms with E-state index in [-0.39, 0.29) is 24.7 Å². The third-order valence-electron chi connectivity index (χ3n) is 2.17. The van der Waals surface area contributed by atoms with Crippen LogP contribution in [0.3, 0.4) is 0 Å². The van der Waals surface area contributed by atoms with E-state index in [1.54, 1.807) is 12.1 Å². The second-order valence-corrected chi connectivity index (χ2v) is 3.66. The smallest absolute Gasteiger partial charge is 0.237 e. The van der Waals surface area contributed by atoms with E-state index in [1.165, 1.54) is 12.1 Å². The van der Waals surface area contributed by atoms with Crippen molar-refractivity contribution in [2.24, 2.45) is 11.5 Å². The Hall–Kier alpha value is -1.79. The molecule has 0 spiro atoms. The highest BCUT2D eigenvalue weighted by molar-refractivity contribution is 5.86. The molecule has 6 nitrogen and oxygen atoms in total. The Labute approximate surface area is 111 Å². The van der Waals surface area contributed by atoms with Crippen LogP contribution in [0.2, 0.25) is 0 Å². The minimum atomic E-state index is -0.751. The third kappa shape index (κ3) is 5.51. The van der Waals surface area contributed by atoms with Gasteiger partial charge in [0.25, 0.3) is 0 Å². The minimum Gasteiger partial charge on any atom is -0.508 e. The van der Waals surface area contributed by atoms with E-state index in [1.807, 2.05) is 0 Å². The summed E-state index contributed by atoms with van der Waals surface area (Å²) in [4.78, 5) is 21.9. The number of hydrogen-bond acceptors (Lipinski definition) is 4. The summed E-state index contributed by atoms with van der Waals surface area (Å²) in [6, 6.07) is 5.64. The van der Waals surface area contributed by atoms with Crippen molar-refractivity contribution in [1.82, 2.24) is 5.32 Å². The van der Waals surface area contributed by atoms with Gasteiger partial charge < -0.3 is 21.9 Å². The first-order valence-corrected chi connectivity index (χ1v) is 5.08. The molecule has 1 aromatic carbocycles. The Morgan fingerprint density at radius 2 is 1.83 bits per heavy atom. The summed E-state index contributed by atoms with van der Waals surface area (Å²) >= 11 is 0. The standard InChI is InChI=1S/C11H15N3O3.ClH/c12-9(11(17)14-6-10(13)16)5-7-1-3-8(15)4-2-7;/h1-4,9,15H,5-6,12H2,(H2,13,16)(H,14,17);1H/t9-;/m0./s1. The van der Waals surface area contributed by atoms with Crippen molar-refractivity contribution in [3.63, 3.8) is 0 Å². The van der Waals surface area contributed by atoms with Crippen LogP contribution in [0.1, 0.15) is 5.56 Å². The summed E-state index contributed by atoms with van der Waals surface area (Å²) in [5, 5.41) is 11.4. The van der Waals surface area contributed by atoms with Gasteiger partial charge >= 0.3 is 0 Å². The number of carbonyl (C=O) groups is 2. The largest absolute Gasteiger partial charge is 0.508 e. The van der Waals surface area contributed by atoms with Crippen molar-refractivity contribution in [2.75, 3.05) is 6.54 Å². The van der Waals surface area contributed by atoms with Gasteiger partial charge in [-0.2, -0.15) is 0 Å². The van der Waals surface area contributed by atoms with Crippen LogP contribution in [0.25, 0.3) is 0 Å². The molecule has 1 rings (SSSR count). The predicted octanol–water partition coefficient (Wildman–Crippen LogP) is -0.715. The van der Waals surface area contributed by atoms with Gasteiger partial charge in [-0.1, -0.05) is 12.1 Å². The molecule has 0 aliphatic carbocycles. The molecule has 1 atom stereocenters. The molecule has 0 aliphatic rings. The Morgan fingerprint density at radius 3 is 2.33 bits per heavy atom. The number of primary amides is 1. The molecule has 0 radical (unpaired) electrons. The van der Waals surface area contributed by atoms with Crippen LogP contribution in [0.5, 0.6) is 5.75 Å². The lowest BCUT2D eigenvalue weighted by Gasteiger charge is -2.11. The lowest BCUT2D eigenvalue weighted by atomic mass is 10.1. The fraction of sp³-hybridized carbons (Fsp3) is 0.273. The van der Waals surface area contributed by atoms with Crippen LogP contribution in [-0.4, -0.2) is 29.5 Å². The summed E-state index contributed by atoms with van der Waals surface area (Å²) in [5.74, 6) is -0.896. The Morgan fingerprint density at radius 1 is 1.28 bits per heavy atom. The molecule has 0 heterocycles. The van der Waals surface area contributed by atoms with E-state index in [0.717, 1.165) is 5.56 Å². The normalized spacial score (nSPS) is 11.2. The van der Waals surface area contributed by atoms with E-state index >= 15 is 0 Å². The van der Waals surface area contributed by atoms with Crippen molar-refractivity contribution in [1.29, 1.82) is 0 Å². The number of phenols is 1. The molecule has 18 heavy (non-hydrogen) atoms. The van der Waals surface area contributed by atoms with E-state index in [9.17, 15) is 9.59 Å². The van der Waals surface area contributed by atoms with Crippen molar-refractivity contribution >= 4 is 24.2 Å². The van der Waals surface area contributed by atoms with Crippen molar-refractivity contribution in [3.8, 4) is 5.75 Å². The molecule has 7 heteroatoms. The molecular formula is C11H16ClN3O3. The van der Waals surface area contributed by atoms with E-state index in [4.69, 9.17) is 16.6 Å². The lowest BCUT2D eigenvalue weighted by Crippen LogP contribution is -2.44. The third-order valence-corrected chi connectivity index (χ3v) is 2.17. The number of halogens is 1. The van der Waals surface area contributed by atoms with Crippen molar-refractivity contribution < 1.29 is 14.7 Å². The maximum Gasteiger partial charge on any atom is 0.237 e. The first-order valence-electron chi connectivity index (χ1n) is 5.08. The molecule has 0 aliphatic heterocycles. The number of nitrogens with two attached hydrogens (primary N) is 2. The lowest BCUT2D eigenvalue weighted by molar-refractivity contribution is -0.125. The molecule has 0 unspecified atom stereocenters. The van der Waals surface area contributed by atoms with Crippen LogP contribution in [0.4, 0.5) is 0 Å². The number of nitrogens with one attached hydrogen (secondary N) is 1.